The van der Waals surface area contributed by atoms with Crippen LogP contribution in [0.5, 0.6) is 0 Å². The first kappa shape index (κ1) is 13.3. The Kier molecular flexibility index (Phi) is 3.27. The van der Waals surface area contributed by atoms with Crippen molar-refractivity contribution in [2.75, 3.05) is 0 Å². The van der Waals surface area contributed by atoms with E-state index in [9.17, 15) is 13.6 Å². The number of rotatable bonds is 2. The SMILES string of the molecule is CC(N)(C(=O)O)C1=CC(C)(Br)C(F)C=C1F. The molecule has 0 amide bonds. The van der Waals surface area contributed by atoms with Gasteiger partial charge < -0.3 is 10.8 Å². The summed E-state index contributed by atoms with van der Waals surface area (Å²) >= 11 is 3.06. The molecule has 3 unspecified atom stereocenters. The molecule has 3 nitrogen and oxygen atoms in total. The van der Waals surface area contributed by atoms with Gasteiger partial charge in [0.2, 0.25) is 0 Å². The average Bonchev–Trinajstić information content (AvgIpc) is 2.11. The molecule has 0 aliphatic heterocycles. The molecule has 0 aromatic rings. The molecule has 0 aromatic carbocycles. The molecule has 0 bridgehead atoms. The molecule has 6 heteroatoms. The molecule has 0 spiro atoms. The monoisotopic (exact) mass is 295 g/mol. The molecular weight excluding hydrogens is 284 g/mol. The lowest BCUT2D eigenvalue weighted by molar-refractivity contribution is -0.141. The molecule has 1 aliphatic carbocycles. The van der Waals surface area contributed by atoms with Gasteiger partial charge in [-0.15, -0.1) is 0 Å². The first-order chi connectivity index (χ1) is 7.09. The summed E-state index contributed by atoms with van der Waals surface area (Å²) in [6.07, 6.45) is 0.319. The van der Waals surface area contributed by atoms with Gasteiger partial charge in [-0.3, -0.25) is 0 Å². The van der Waals surface area contributed by atoms with Crippen molar-refractivity contribution in [2.45, 2.75) is 29.9 Å². The number of carboxylic acids is 1. The Bertz CT molecular complexity index is 388. The van der Waals surface area contributed by atoms with Crippen molar-refractivity contribution in [1.82, 2.24) is 0 Å². The fraction of sp³-hybridized carbons (Fsp3) is 0.500. The summed E-state index contributed by atoms with van der Waals surface area (Å²) in [5, 5.41) is 8.88. The van der Waals surface area contributed by atoms with Crippen LogP contribution in [0.2, 0.25) is 0 Å². The number of carbonyl (C=O) groups is 1. The smallest absolute Gasteiger partial charge is 0.328 e. The van der Waals surface area contributed by atoms with E-state index in [-0.39, 0.29) is 5.57 Å². The van der Waals surface area contributed by atoms with Crippen molar-refractivity contribution >= 4 is 21.9 Å². The molecule has 0 saturated heterocycles. The molecular formula is C10H12BrF2NO2. The Morgan fingerprint density at radius 2 is 2.25 bits per heavy atom. The van der Waals surface area contributed by atoms with Gasteiger partial charge in [0.15, 0.2) is 0 Å². The summed E-state index contributed by atoms with van der Waals surface area (Å²) in [5.41, 5.74) is 3.39. The van der Waals surface area contributed by atoms with E-state index in [1.165, 1.54) is 13.0 Å². The molecule has 1 rings (SSSR count). The maximum atomic E-state index is 13.5. The van der Waals surface area contributed by atoms with E-state index in [1.807, 2.05) is 0 Å². The van der Waals surface area contributed by atoms with Crippen LogP contribution in [-0.2, 0) is 4.79 Å². The third-order valence-corrected chi connectivity index (χ3v) is 3.19. The molecule has 0 saturated carbocycles. The summed E-state index contributed by atoms with van der Waals surface area (Å²) in [6, 6.07) is 0. The highest BCUT2D eigenvalue weighted by Gasteiger charge is 2.42. The number of hydrogen-bond acceptors (Lipinski definition) is 2. The number of halogens is 3. The van der Waals surface area contributed by atoms with Crippen LogP contribution in [0.4, 0.5) is 8.78 Å². The lowest BCUT2D eigenvalue weighted by Crippen LogP contribution is -2.49. The number of aliphatic carboxylic acids is 1. The standard InChI is InChI=1S/C10H12BrF2NO2/c1-9(11)4-5(6(12)3-7(9)13)10(2,14)8(15)16/h3-4,7H,14H2,1-2H3,(H,15,16). The number of hydrogen-bond donors (Lipinski definition) is 2. The second-order valence-electron chi connectivity index (χ2n) is 4.13. The Balaban J connectivity index is 3.25. The minimum Gasteiger partial charge on any atom is -0.480 e. The lowest BCUT2D eigenvalue weighted by atomic mass is 9.84. The van der Waals surface area contributed by atoms with Gasteiger partial charge in [0, 0.05) is 5.57 Å². The van der Waals surface area contributed by atoms with Crippen molar-refractivity contribution in [3.05, 3.63) is 23.6 Å². The van der Waals surface area contributed by atoms with Gasteiger partial charge in [-0.1, -0.05) is 22.0 Å². The second-order valence-corrected chi connectivity index (χ2v) is 5.84. The van der Waals surface area contributed by atoms with Gasteiger partial charge >= 0.3 is 5.97 Å². The fourth-order valence-electron chi connectivity index (χ4n) is 1.33. The molecule has 0 heterocycles. The molecule has 16 heavy (non-hydrogen) atoms. The summed E-state index contributed by atoms with van der Waals surface area (Å²) < 4.78 is 25.7. The number of nitrogens with two attached hydrogens (primary N) is 1. The fourth-order valence-corrected chi connectivity index (χ4v) is 1.69. The van der Waals surface area contributed by atoms with Crippen molar-refractivity contribution in [3.63, 3.8) is 0 Å². The normalized spacial score (nSPS) is 33.8. The third kappa shape index (κ3) is 2.17. The second kappa shape index (κ2) is 3.92. The highest BCUT2D eigenvalue weighted by Crippen LogP contribution is 2.38. The Morgan fingerprint density at radius 1 is 1.75 bits per heavy atom. The lowest BCUT2D eigenvalue weighted by Gasteiger charge is -2.31. The summed E-state index contributed by atoms with van der Waals surface area (Å²) in [6.45, 7) is 2.63. The Labute approximate surface area is 100 Å². The van der Waals surface area contributed by atoms with Crippen molar-refractivity contribution in [2.24, 2.45) is 5.73 Å². The summed E-state index contributed by atoms with van der Waals surface area (Å²) in [4.78, 5) is 10.9. The zero-order chi connectivity index (χ0) is 12.7. The largest absolute Gasteiger partial charge is 0.480 e. The third-order valence-electron chi connectivity index (χ3n) is 2.52. The van der Waals surface area contributed by atoms with Crippen LogP contribution in [0, 0.1) is 0 Å². The van der Waals surface area contributed by atoms with E-state index in [4.69, 9.17) is 10.8 Å². The minimum atomic E-state index is -1.88. The van der Waals surface area contributed by atoms with Crippen LogP contribution in [0.15, 0.2) is 23.6 Å². The molecule has 0 radical (unpaired) electrons. The van der Waals surface area contributed by atoms with Crippen LogP contribution in [0.25, 0.3) is 0 Å². The van der Waals surface area contributed by atoms with Crippen LogP contribution < -0.4 is 5.73 Å². The van der Waals surface area contributed by atoms with E-state index in [2.05, 4.69) is 15.9 Å². The maximum absolute atomic E-state index is 13.5. The topological polar surface area (TPSA) is 63.3 Å². The zero-order valence-electron chi connectivity index (χ0n) is 8.80. The van der Waals surface area contributed by atoms with Gasteiger partial charge in [-0.25, -0.2) is 13.6 Å². The highest BCUT2D eigenvalue weighted by molar-refractivity contribution is 9.10. The summed E-state index contributed by atoms with van der Waals surface area (Å²) in [5.74, 6) is -2.31. The van der Waals surface area contributed by atoms with Gasteiger partial charge in [0.1, 0.15) is 17.5 Å². The molecule has 1 aliphatic rings. The number of carboxylic acid groups (broad SMARTS) is 1. The van der Waals surface area contributed by atoms with E-state index in [0.29, 0.717) is 0 Å². The predicted octanol–water partition coefficient (Wildman–Crippen LogP) is 2.07. The maximum Gasteiger partial charge on any atom is 0.328 e. The Morgan fingerprint density at radius 3 is 2.69 bits per heavy atom. The quantitative estimate of drug-likeness (QED) is 0.767. The number of alkyl halides is 2. The van der Waals surface area contributed by atoms with E-state index >= 15 is 0 Å². The van der Waals surface area contributed by atoms with Gasteiger partial charge in [0.05, 0.1) is 4.32 Å². The van der Waals surface area contributed by atoms with E-state index in [1.54, 1.807) is 0 Å². The van der Waals surface area contributed by atoms with Crippen molar-refractivity contribution in [3.8, 4) is 0 Å². The predicted molar refractivity (Wildman–Crippen MR) is 59.7 cm³/mol. The van der Waals surface area contributed by atoms with Gasteiger partial charge in [-0.2, -0.15) is 0 Å². The van der Waals surface area contributed by atoms with E-state index < -0.39 is 27.8 Å². The van der Waals surface area contributed by atoms with E-state index in [0.717, 1.165) is 13.0 Å². The molecule has 0 fully saturated rings. The molecule has 90 valence electrons. The summed E-state index contributed by atoms with van der Waals surface area (Å²) in [7, 11) is 0. The minimum absolute atomic E-state index is 0.228. The highest BCUT2D eigenvalue weighted by atomic mass is 79.9. The molecule has 3 atom stereocenters. The average molecular weight is 296 g/mol. The van der Waals surface area contributed by atoms with Crippen LogP contribution >= 0.6 is 15.9 Å². The Hall–Kier alpha value is -0.750. The molecule has 0 aromatic heterocycles. The van der Waals surface area contributed by atoms with Crippen LogP contribution in [-0.4, -0.2) is 27.1 Å². The first-order valence-corrected chi connectivity index (χ1v) is 5.34. The molecule has 3 N–H and O–H groups in total. The van der Waals surface area contributed by atoms with Crippen LogP contribution in [0.3, 0.4) is 0 Å². The first-order valence-electron chi connectivity index (χ1n) is 4.55. The zero-order valence-corrected chi connectivity index (χ0v) is 10.4. The van der Waals surface area contributed by atoms with Gasteiger partial charge in [-0.05, 0) is 19.9 Å². The van der Waals surface area contributed by atoms with Crippen molar-refractivity contribution < 1.29 is 18.7 Å². The van der Waals surface area contributed by atoms with Crippen molar-refractivity contribution in [1.29, 1.82) is 0 Å². The van der Waals surface area contributed by atoms with Gasteiger partial charge in [0.25, 0.3) is 0 Å². The number of allylic oxidation sites excluding steroid dienone is 2. The van der Waals surface area contributed by atoms with Crippen LogP contribution in [0.1, 0.15) is 13.8 Å².